The SMILES string of the molecule is N#Cc1ccc(C=NNc2ccccc2)cc1Cl. The molecule has 0 unspecified atom stereocenters. The fourth-order valence-corrected chi connectivity index (χ4v) is 1.63. The Morgan fingerprint density at radius 2 is 1.94 bits per heavy atom. The van der Waals surface area contributed by atoms with Crippen LogP contribution in [0.1, 0.15) is 11.1 Å². The van der Waals surface area contributed by atoms with Gasteiger partial charge in [0.05, 0.1) is 22.5 Å². The summed E-state index contributed by atoms with van der Waals surface area (Å²) < 4.78 is 0. The highest BCUT2D eigenvalue weighted by Crippen LogP contribution is 2.15. The highest BCUT2D eigenvalue weighted by Gasteiger charge is 1.98. The Labute approximate surface area is 110 Å². The van der Waals surface area contributed by atoms with Gasteiger partial charge in [0, 0.05) is 0 Å². The summed E-state index contributed by atoms with van der Waals surface area (Å²) >= 11 is 5.92. The lowest BCUT2D eigenvalue weighted by molar-refractivity contribution is 1.35. The lowest BCUT2D eigenvalue weighted by Crippen LogP contribution is -1.90. The van der Waals surface area contributed by atoms with Gasteiger partial charge in [-0.05, 0) is 29.8 Å². The number of nitriles is 1. The molecule has 0 bridgehead atoms. The predicted octanol–water partition coefficient (Wildman–Crippen LogP) is 3.66. The van der Waals surface area contributed by atoms with E-state index in [2.05, 4.69) is 10.5 Å². The molecule has 2 aromatic rings. The smallest absolute Gasteiger partial charge is 0.101 e. The van der Waals surface area contributed by atoms with E-state index >= 15 is 0 Å². The molecule has 0 spiro atoms. The summed E-state index contributed by atoms with van der Waals surface area (Å²) in [6.07, 6.45) is 1.65. The molecule has 0 atom stereocenters. The zero-order valence-corrected chi connectivity index (χ0v) is 10.2. The number of benzene rings is 2. The molecular weight excluding hydrogens is 246 g/mol. The van der Waals surface area contributed by atoms with Crippen molar-refractivity contribution in [2.24, 2.45) is 5.10 Å². The van der Waals surface area contributed by atoms with Crippen molar-refractivity contribution in [1.82, 2.24) is 0 Å². The third kappa shape index (κ3) is 3.09. The topological polar surface area (TPSA) is 48.2 Å². The van der Waals surface area contributed by atoms with Gasteiger partial charge in [-0.1, -0.05) is 35.9 Å². The normalized spacial score (nSPS) is 10.2. The molecule has 2 rings (SSSR count). The van der Waals surface area contributed by atoms with Gasteiger partial charge in [-0.3, -0.25) is 5.43 Å². The van der Waals surface area contributed by atoms with Crippen molar-refractivity contribution in [1.29, 1.82) is 5.26 Å². The van der Waals surface area contributed by atoms with E-state index in [1.165, 1.54) is 0 Å². The predicted molar refractivity (Wildman–Crippen MR) is 73.8 cm³/mol. The number of para-hydroxylation sites is 1. The highest BCUT2D eigenvalue weighted by molar-refractivity contribution is 6.32. The van der Waals surface area contributed by atoms with Crippen LogP contribution in [0.15, 0.2) is 53.6 Å². The van der Waals surface area contributed by atoms with Gasteiger partial charge in [-0.2, -0.15) is 10.4 Å². The molecule has 0 aliphatic heterocycles. The molecule has 1 N–H and O–H groups in total. The van der Waals surface area contributed by atoms with Crippen LogP contribution in [0.2, 0.25) is 5.02 Å². The summed E-state index contributed by atoms with van der Waals surface area (Å²) in [7, 11) is 0. The summed E-state index contributed by atoms with van der Waals surface area (Å²) in [4.78, 5) is 0. The maximum Gasteiger partial charge on any atom is 0.101 e. The first-order valence-corrected chi connectivity index (χ1v) is 5.71. The minimum atomic E-state index is 0.432. The summed E-state index contributed by atoms with van der Waals surface area (Å²) in [5.74, 6) is 0. The standard InChI is InChI=1S/C14H10ClN3/c15-14-8-11(6-7-12(14)9-16)10-17-18-13-4-2-1-3-5-13/h1-8,10,18H. The molecule has 0 saturated heterocycles. The van der Waals surface area contributed by atoms with Crippen LogP contribution in [0.3, 0.4) is 0 Å². The monoisotopic (exact) mass is 255 g/mol. The number of anilines is 1. The number of nitrogens with zero attached hydrogens (tertiary/aromatic N) is 2. The Morgan fingerprint density at radius 1 is 1.17 bits per heavy atom. The van der Waals surface area contributed by atoms with Gasteiger partial charge in [0.1, 0.15) is 6.07 Å². The Bertz CT molecular complexity index is 600. The Balaban J connectivity index is 2.06. The van der Waals surface area contributed by atoms with Gasteiger partial charge < -0.3 is 0 Å². The largest absolute Gasteiger partial charge is 0.279 e. The van der Waals surface area contributed by atoms with Gasteiger partial charge in [0.15, 0.2) is 0 Å². The van der Waals surface area contributed by atoms with Crippen LogP contribution in [-0.2, 0) is 0 Å². The van der Waals surface area contributed by atoms with E-state index in [1.807, 2.05) is 36.4 Å². The van der Waals surface area contributed by atoms with Crippen molar-refractivity contribution in [3.8, 4) is 6.07 Å². The van der Waals surface area contributed by atoms with Crippen molar-refractivity contribution in [3.05, 3.63) is 64.7 Å². The van der Waals surface area contributed by atoms with Crippen LogP contribution in [0.25, 0.3) is 0 Å². The quantitative estimate of drug-likeness (QED) is 0.672. The average molecular weight is 256 g/mol. The third-order valence-electron chi connectivity index (χ3n) is 2.29. The van der Waals surface area contributed by atoms with Crippen LogP contribution in [0.4, 0.5) is 5.69 Å². The molecule has 2 aromatic carbocycles. The summed E-state index contributed by atoms with van der Waals surface area (Å²) in [6.45, 7) is 0. The van der Waals surface area contributed by atoms with E-state index in [-0.39, 0.29) is 0 Å². The second-order valence-corrected chi connectivity index (χ2v) is 3.99. The number of nitrogens with one attached hydrogen (secondary N) is 1. The van der Waals surface area contributed by atoms with Gasteiger partial charge >= 0.3 is 0 Å². The van der Waals surface area contributed by atoms with E-state index < -0.39 is 0 Å². The van der Waals surface area contributed by atoms with E-state index in [0.717, 1.165) is 11.3 Å². The van der Waals surface area contributed by atoms with E-state index in [0.29, 0.717) is 10.6 Å². The minimum absolute atomic E-state index is 0.432. The van der Waals surface area contributed by atoms with Crippen LogP contribution < -0.4 is 5.43 Å². The molecule has 3 nitrogen and oxygen atoms in total. The van der Waals surface area contributed by atoms with Crippen molar-refractivity contribution in [2.45, 2.75) is 0 Å². The molecule has 0 amide bonds. The molecule has 88 valence electrons. The first-order valence-electron chi connectivity index (χ1n) is 5.33. The zero-order chi connectivity index (χ0) is 12.8. The lowest BCUT2D eigenvalue weighted by Gasteiger charge is -1.99. The fourth-order valence-electron chi connectivity index (χ4n) is 1.40. The van der Waals surface area contributed by atoms with Gasteiger partial charge in [0.2, 0.25) is 0 Å². The second-order valence-electron chi connectivity index (χ2n) is 3.59. The Morgan fingerprint density at radius 3 is 2.61 bits per heavy atom. The van der Waals surface area contributed by atoms with Gasteiger partial charge in [-0.25, -0.2) is 0 Å². The van der Waals surface area contributed by atoms with Crippen molar-refractivity contribution >= 4 is 23.5 Å². The van der Waals surface area contributed by atoms with Crippen molar-refractivity contribution < 1.29 is 0 Å². The van der Waals surface area contributed by atoms with Crippen LogP contribution in [-0.4, -0.2) is 6.21 Å². The maximum atomic E-state index is 8.75. The molecule has 0 saturated carbocycles. The zero-order valence-electron chi connectivity index (χ0n) is 9.47. The third-order valence-corrected chi connectivity index (χ3v) is 2.61. The number of rotatable bonds is 3. The van der Waals surface area contributed by atoms with Crippen LogP contribution in [0, 0.1) is 11.3 Å². The summed E-state index contributed by atoms with van der Waals surface area (Å²) in [6, 6.07) is 16.8. The van der Waals surface area contributed by atoms with Gasteiger partial charge in [-0.15, -0.1) is 0 Å². The first kappa shape index (κ1) is 12.2. The molecule has 0 aliphatic rings. The highest BCUT2D eigenvalue weighted by atomic mass is 35.5. The van der Waals surface area contributed by atoms with Crippen molar-refractivity contribution in [3.63, 3.8) is 0 Å². The molecule has 0 radical (unpaired) electrons. The molecular formula is C14H10ClN3. The molecule has 0 aromatic heterocycles. The number of hydrogen-bond donors (Lipinski definition) is 1. The molecule has 18 heavy (non-hydrogen) atoms. The first-order chi connectivity index (χ1) is 8.79. The second kappa shape index (κ2) is 5.85. The maximum absolute atomic E-state index is 8.75. The molecule has 0 aliphatic carbocycles. The van der Waals surface area contributed by atoms with Crippen LogP contribution in [0.5, 0.6) is 0 Å². The average Bonchev–Trinajstić information content (AvgIpc) is 2.40. The van der Waals surface area contributed by atoms with E-state index in [4.69, 9.17) is 16.9 Å². The number of halogens is 1. The number of hydrazone groups is 1. The Hall–Kier alpha value is -2.31. The molecule has 0 heterocycles. The van der Waals surface area contributed by atoms with Gasteiger partial charge in [0.25, 0.3) is 0 Å². The molecule has 0 fully saturated rings. The number of hydrogen-bond acceptors (Lipinski definition) is 3. The molecule has 4 heteroatoms. The van der Waals surface area contributed by atoms with E-state index in [1.54, 1.807) is 24.4 Å². The minimum Gasteiger partial charge on any atom is -0.279 e. The lowest BCUT2D eigenvalue weighted by atomic mass is 10.2. The Kier molecular flexibility index (Phi) is 3.95. The summed E-state index contributed by atoms with van der Waals surface area (Å²) in [5, 5.41) is 13.3. The summed E-state index contributed by atoms with van der Waals surface area (Å²) in [5.41, 5.74) is 5.11. The fraction of sp³-hybridized carbons (Fsp3) is 0. The van der Waals surface area contributed by atoms with E-state index in [9.17, 15) is 0 Å². The van der Waals surface area contributed by atoms with Crippen LogP contribution >= 0.6 is 11.6 Å². The van der Waals surface area contributed by atoms with Crippen molar-refractivity contribution in [2.75, 3.05) is 5.43 Å².